The molecule has 1 aliphatic heterocycles. The van der Waals surface area contributed by atoms with E-state index in [2.05, 4.69) is 10.4 Å². The first-order valence-corrected chi connectivity index (χ1v) is 9.50. The Hall–Kier alpha value is -2.18. The molecule has 1 aliphatic rings. The largest absolute Gasteiger partial charge is 0.338 e. The number of carbonyl (C=O) groups excluding carboxylic acids is 1. The summed E-state index contributed by atoms with van der Waals surface area (Å²) in [5.74, 6) is 0.148. The fourth-order valence-electron chi connectivity index (χ4n) is 3.42. The lowest BCUT2D eigenvalue weighted by Crippen LogP contribution is -2.43. The van der Waals surface area contributed by atoms with Gasteiger partial charge >= 0.3 is 0 Å². The van der Waals surface area contributed by atoms with Gasteiger partial charge in [0.15, 0.2) is 0 Å². The monoisotopic (exact) mass is 354 g/mol. The second-order valence-corrected chi connectivity index (χ2v) is 7.55. The van der Waals surface area contributed by atoms with Crippen LogP contribution in [0.3, 0.4) is 0 Å². The molecule has 0 spiro atoms. The number of hydrogen-bond donors (Lipinski definition) is 1. The summed E-state index contributed by atoms with van der Waals surface area (Å²) in [6.07, 6.45) is 2.04. The van der Waals surface area contributed by atoms with Gasteiger partial charge in [-0.05, 0) is 45.0 Å². The summed E-state index contributed by atoms with van der Waals surface area (Å²) >= 11 is 1.54. The van der Waals surface area contributed by atoms with E-state index in [9.17, 15) is 4.79 Å². The van der Waals surface area contributed by atoms with Crippen molar-refractivity contribution < 1.29 is 4.79 Å². The molecule has 4 rings (SSSR count). The van der Waals surface area contributed by atoms with Crippen molar-refractivity contribution in [2.75, 3.05) is 20.1 Å². The fraction of sp³-hybridized carbons (Fsp3) is 0.368. The summed E-state index contributed by atoms with van der Waals surface area (Å²) in [6.45, 7) is 3.64. The molecule has 2 aromatic heterocycles. The normalized spacial score (nSPS) is 15.8. The Bertz CT molecular complexity index is 891. The number of aromatic nitrogens is 2. The van der Waals surface area contributed by atoms with Gasteiger partial charge in [0.25, 0.3) is 5.91 Å². The third-order valence-electron chi connectivity index (χ3n) is 4.95. The predicted molar refractivity (Wildman–Crippen MR) is 102 cm³/mol. The van der Waals surface area contributed by atoms with Crippen LogP contribution in [0.1, 0.15) is 28.2 Å². The van der Waals surface area contributed by atoms with Crippen molar-refractivity contribution in [3.63, 3.8) is 0 Å². The third-order valence-corrected chi connectivity index (χ3v) is 6.05. The topological polar surface area (TPSA) is 50.2 Å². The number of aryl methyl sites for hydroxylation is 1. The van der Waals surface area contributed by atoms with Crippen molar-refractivity contribution in [1.82, 2.24) is 20.0 Å². The SMILES string of the molecule is CNC1CCN(C(=O)c2cc3c(C)nn(-c4ccccc4)c3s2)CC1. The van der Waals surface area contributed by atoms with Crippen LogP contribution >= 0.6 is 11.3 Å². The fourth-order valence-corrected chi connectivity index (χ4v) is 4.57. The molecule has 1 fully saturated rings. The highest BCUT2D eigenvalue weighted by Crippen LogP contribution is 2.31. The van der Waals surface area contributed by atoms with Crippen molar-refractivity contribution >= 4 is 27.5 Å². The Balaban J connectivity index is 1.65. The van der Waals surface area contributed by atoms with Crippen LogP contribution in [0.15, 0.2) is 36.4 Å². The maximum absolute atomic E-state index is 12.9. The molecular formula is C19H22N4OS. The Morgan fingerprint density at radius 2 is 1.96 bits per heavy atom. The van der Waals surface area contributed by atoms with Crippen LogP contribution in [0.2, 0.25) is 0 Å². The Labute approximate surface area is 151 Å². The average Bonchev–Trinajstić information content (AvgIpc) is 3.23. The van der Waals surface area contributed by atoms with Gasteiger partial charge in [-0.15, -0.1) is 11.3 Å². The number of thiophene rings is 1. The molecule has 0 bridgehead atoms. The molecular weight excluding hydrogens is 332 g/mol. The molecule has 0 aliphatic carbocycles. The van der Waals surface area contributed by atoms with Crippen LogP contribution in [-0.2, 0) is 0 Å². The smallest absolute Gasteiger partial charge is 0.264 e. The van der Waals surface area contributed by atoms with E-state index < -0.39 is 0 Å². The summed E-state index contributed by atoms with van der Waals surface area (Å²) in [7, 11) is 1.99. The highest BCUT2D eigenvalue weighted by molar-refractivity contribution is 7.20. The average molecular weight is 354 g/mol. The number of nitrogens with zero attached hydrogens (tertiary/aromatic N) is 3. The van der Waals surface area contributed by atoms with Gasteiger partial charge in [0.1, 0.15) is 4.83 Å². The Kier molecular flexibility index (Phi) is 4.31. The molecule has 0 atom stereocenters. The molecule has 25 heavy (non-hydrogen) atoms. The number of fused-ring (bicyclic) bond motifs is 1. The van der Waals surface area contributed by atoms with E-state index in [1.165, 1.54) is 0 Å². The lowest BCUT2D eigenvalue weighted by molar-refractivity contribution is 0.0712. The van der Waals surface area contributed by atoms with Crippen molar-refractivity contribution in [1.29, 1.82) is 0 Å². The van der Waals surface area contributed by atoms with Gasteiger partial charge in [-0.1, -0.05) is 18.2 Å². The maximum atomic E-state index is 12.9. The molecule has 1 aromatic carbocycles. The standard InChI is InChI=1S/C19H22N4OS/c1-13-16-12-17(18(24)22-10-8-14(20-2)9-11-22)25-19(16)23(21-13)15-6-4-3-5-7-15/h3-7,12,14,20H,8-11H2,1-2H3. The van der Waals surface area contributed by atoms with Gasteiger partial charge in [0, 0.05) is 24.5 Å². The molecule has 6 heteroatoms. The van der Waals surface area contributed by atoms with Gasteiger partial charge in [0.2, 0.25) is 0 Å². The van der Waals surface area contributed by atoms with Gasteiger partial charge in [-0.2, -0.15) is 5.10 Å². The summed E-state index contributed by atoms with van der Waals surface area (Å²) < 4.78 is 1.94. The van der Waals surface area contributed by atoms with E-state index in [0.717, 1.165) is 52.4 Å². The van der Waals surface area contributed by atoms with E-state index in [-0.39, 0.29) is 5.91 Å². The molecule has 0 saturated carbocycles. The number of carbonyl (C=O) groups is 1. The number of rotatable bonds is 3. The van der Waals surface area contributed by atoms with Crippen LogP contribution in [0, 0.1) is 6.92 Å². The van der Waals surface area contributed by atoms with Crippen LogP contribution in [0.25, 0.3) is 15.9 Å². The lowest BCUT2D eigenvalue weighted by Gasteiger charge is -2.31. The van der Waals surface area contributed by atoms with E-state index in [1.54, 1.807) is 11.3 Å². The molecule has 1 amide bonds. The summed E-state index contributed by atoms with van der Waals surface area (Å²) in [5.41, 5.74) is 1.99. The number of piperidine rings is 1. The molecule has 130 valence electrons. The second kappa shape index (κ2) is 6.61. The van der Waals surface area contributed by atoms with E-state index in [0.29, 0.717) is 6.04 Å². The Morgan fingerprint density at radius 3 is 2.64 bits per heavy atom. The molecule has 0 unspecified atom stereocenters. The predicted octanol–water partition coefficient (Wildman–Crippen LogP) is 3.22. The minimum atomic E-state index is 0.148. The quantitative estimate of drug-likeness (QED) is 0.786. The van der Waals surface area contributed by atoms with Gasteiger partial charge < -0.3 is 10.2 Å². The molecule has 3 heterocycles. The Morgan fingerprint density at radius 1 is 1.24 bits per heavy atom. The van der Waals surface area contributed by atoms with Crippen LogP contribution in [0.5, 0.6) is 0 Å². The van der Waals surface area contributed by atoms with Gasteiger partial charge in [0.05, 0.1) is 16.3 Å². The zero-order chi connectivity index (χ0) is 17.4. The van der Waals surface area contributed by atoms with E-state index in [1.807, 2.05) is 60.0 Å². The molecule has 1 N–H and O–H groups in total. The van der Waals surface area contributed by atoms with Gasteiger partial charge in [-0.3, -0.25) is 4.79 Å². The van der Waals surface area contributed by atoms with E-state index in [4.69, 9.17) is 0 Å². The third kappa shape index (κ3) is 2.96. The second-order valence-electron chi connectivity index (χ2n) is 6.52. The zero-order valence-electron chi connectivity index (χ0n) is 14.5. The molecule has 5 nitrogen and oxygen atoms in total. The number of amides is 1. The molecule has 3 aromatic rings. The summed E-state index contributed by atoms with van der Waals surface area (Å²) in [4.78, 5) is 16.7. The zero-order valence-corrected chi connectivity index (χ0v) is 15.3. The number of para-hydroxylation sites is 1. The van der Waals surface area contributed by atoms with Crippen molar-refractivity contribution in [2.45, 2.75) is 25.8 Å². The van der Waals surface area contributed by atoms with Crippen LogP contribution < -0.4 is 5.32 Å². The van der Waals surface area contributed by atoms with Gasteiger partial charge in [-0.25, -0.2) is 4.68 Å². The minimum Gasteiger partial charge on any atom is -0.338 e. The number of nitrogens with one attached hydrogen (secondary N) is 1. The summed E-state index contributed by atoms with van der Waals surface area (Å²) in [6, 6.07) is 12.6. The highest BCUT2D eigenvalue weighted by Gasteiger charge is 2.25. The van der Waals surface area contributed by atoms with Crippen molar-refractivity contribution in [3.8, 4) is 5.69 Å². The maximum Gasteiger partial charge on any atom is 0.264 e. The molecule has 0 radical (unpaired) electrons. The first-order chi connectivity index (χ1) is 12.2. The van der Waals surface area contributed by atoms with Crippen LogP contribution in [-0.4, -0.2) is 46.8 Å². The lowest BCUT2D eigenvalue weighted by atomic mass is 10.1. The first-order valence-electron chi connectivity index (χ1n) is 8.68. The highest BCUT2D eigenvalue weighted by atomic mass is 32.1. The van der Waals surface area contributed by atoms with Crippen molar-refractivity contribution in [3.05, 3.63) is 47.0 Å². The number of likely N-dealkylation sites (tertiary alicyclic amines) is 1. The first kappa shape index (κ1) is 16.3. The number of hydrogen-bond acceptors (Lipinski definition) is 4. The number of benzene rings is 1. The minimum absolute atomic E-state index is 0.148. The van der Waals surface area contributed by atoms with E-state index >= 15 is 0 Å². The van der Waals surface area contributed by atoms with Crippen molar-refractivity contribution in [2.24, 2.45) is 0 Å². The van der Waals surface area contributed by atoms with Crippen LogP contribution in [0.4, 0.5) is 0 Å². The molecule has 1 saturated heterocycles. The summed E-state index contributed by atoms with van der Waals surface area (Å²) in [5, 5.41) is 9.03.